The Morgan fingerprint density at radius 2 is 2.03 bits per heavy atom. The number of aryl methyl sites for hydroxylation is 1. The first-order chi connectivity index (χ1) is 18.3. The molecule has 1 amide bonds. The second kappa shape index (κ2) is 14.5. The lowest BCUT2D eigenvalue weighted by atomic mass is 10.1. The molecule has 0 unspecified atom stereocenters. The number of carbonyl (C=O) groups excluding carboxylic acids is 1. The van der Waals surface area contributed by atoms with Gasteiger partial charge in [-0.05, 0) is 44.6 Å². The van der Waals surface area contributed by atoms with Crippen LogP contribution in [0.3, 0.4) is 0 Å². The number of nitriles is 1. The number of hydrogen-bond acceptors (Lipinski definition) is 8. The number of ether oxygens (including phenoxy) is 2. The first-order valence-corrected chi connectivity index (χ1v) is 17.7. The number of nitrogen functional groups attached to an aromatic ring is 1. The van der Waals surface area contributed by atoms with Gasteiger partial charge in [-0.1, -0.05) is 39.4 Å². The Kier molecular flexibility index (Phi) is 11.4. The van der Waals surface area contributed by atoms with Crippen molar-refractivity contribution < 1.29 is 14.3 Å². The molecule has 0 spiro atoms. The molecule has 1 fully saturated rings. The zero-order valence-corrected chi connectivity index (χ0v) is 24.6. The highest BCUT2D eigenvalue weighted by molar-refractivity contribution is 6.76. The van der Waals surface area contributed by atoms with Gasteiger partial charge in [-0.3, -0.25) is 9.69 Å². The molecule has 3 heterocycles. The predicted molar refractivity (Wildman–Crippen MR) is 153 cm³/mol. The molecule has 38 heavy (non-hydrogen) atoms. The molecule has 210 valence electrons. The maximum absolute atomic E-state index is 10.9. The van der Waals surface area contributed by atoms with Crippen molar-refractivity contribution >= 4 is 31.3 Å². The van der Waals surface area contributed by atoms with Crippen LogP contribution >= 0.6 is 0 Å². The summed E-state index contributed by atoms with van der Waals surface area (Å²) in [6.45, 7) is 12.4. The van der Waals surface area contributed by atoms with Gasteiger partial charge in [0.1, 0.15) is 29.5 Å². The number of anilines is 1. The summed E-state index contributed by atoms with van der Waals surface area (Å²) in [6.07, 6.45) is 8.65. The molecule has 0 aromatic carbocycles. The highest BCUT2D eigenvalue weighted by atomic mass is 28.3. The molecule has 0 radical (unpaired) electrons. The van der Waals surface area contributed by atoms with Crippen molar-refractivity contribution in [2.24, 2.45) is 0 Å². The fourth-order valence-electron chi connectivity index (χ4n) is 4.87. The molecular formula is C27H45N7O3Si. The smallest absolute Gasteiger partial charge is 0.319 e. The Hall–Kier alpha value is -2.68. The van der Waals surface area contributed by atoms with Crippen LogP contribution in [0, 0.1) is 11.3 Å². The number of nitrogens with one attached hydrogen (secondary N) is 1. The van der Waals surface area contributed by atoms with E-state index >= 15 is 0 Å². The SMILES string of the molecule is CCCCOc1nc(N)c2c(n1)c(CCCCCN1CCC[C@H]1NC=O)c(C#N)n2COCC[Si](C)(C)C. The summed E-state index contributed by atoms with van der Waals surface area (Å²) >= 11 is 0. The molecule has 1 aliphatic rings. The average molecular weight is 544 g/mol. The molecule has 10 nitrogen and oxygen atoms in total. The van der Waals surface area contributed by atoms with Crippen LogP contribution in [0.2, 0.25) is 25.7 Å². The van der Waals surface area contributed by atoms with Crippen molar-refractivity contribution in [1.29, 1.82) is 5.26 Å². The number of nitrogens with two attached hydrogens (primary N) is 1. The lowest BCUT2D eigenvalue weighted by Crippen LogP contribution is -2.40. The lowest BCUT2D eigenvalue weighted by Gasteiger charge is -2.23. The number of unbranched alkanes of at least 4 members (excludes halogenated alkanes) is 3. The summed E-state index contributed by atoms with van der Waals surface area (Å²) in [4.78, 5) is 22.3. The molecule has 3 rings (SSSR count). The van der Waals surface area contributed by atoms with Gasteiger partial charge in [-0.2, -0.15) is 15.2 Å². The minimum atomic E-state index is -1.23. The van der Waals surface area contributed by atoms with Crippen LogP contribution in [0.1, 0.15) is 63.1 Å². The quantitative estimate of drug-likeness (QED) is 0.172. The Morgan fingerprint density at radius 1 is 1.21 bits per heavy atom. The van der Waals surface area contributed by atoms with Gasteiger partial charge in [0.15, 0.2) is 5.82 Å². The molecule has 11 heteroatoms. The third-order valence-electron chi connectivity index (χ3n) is 7.05. The summed E-state index contributed by atoms with van der Waals surface area (Å²) in [5, 5.41) is 13.1. The van der Waals surface area contributed by atoms with E-state index in [4.69, 9.17) is 20.2 Å². The van der Waals surface area contributed by atoms with Crippen molar-refractivity contribution in [2.75, 3.05) is 32.0 Å². The number of fused-ring (bicyclic) bond motifs is 1. The molecule has 0 aliphatic carbocycles. The van der Waals surface area contributed by atoms with Gasteiger partial charge in [-0.15, -0.1) is 0 Å². The number of likely N-dealkylation sites (tertiary alicyclic amines) is 1. The zero-order chi connectivity index (χ0) is 27.5. The Balaban J connectivity index is 1.76. The topological polar surface area (TPSA) is 131 Å². The monoisotopic (exact) mass is 543 g/mol. The second-order valence-corrected chi connectivity index (χ2v) is 16.9. The second-order valence-electron chi connectivity index (χ2n) is 11.3. The number of rotatable bonds is 17. The number of nitrogens with zero attached hydrogens (tertiary/aromatic N) is 5. The highest BCUT2D eigenvalue weighted by Crippen LogP contribution is 2.31. The van der Waals surface area contributed by atoms with Crippen molar-refractivity contribution in [3.63, 3.8) is 0 Å². The van der Waals surface area contributed by atoms with Crippen molar-refractivity contribution in [3.05, 3.63) is 11.3 Å². The molecule has 1 atom stereocenters. The van der Waals surface area contributed by atoms with E-state index in [1.807, 2.05) is 4.57 Å². The maximum atomic E-state index is 10.9. The predicted octanol–water partition coefficient (Wildman–Crippen LogP) is 4.26. The minimum absolute atomic E-state index is 0.155. The molecule has 0 saturated carbocycles. The van der Waals surface area contributed by atoms with E-state index in [2.05, 4.69) is 47.8 Å². The van der Waals surface area contributed by atoms with E-state index in [1.54, 1.807) is 0 Å². The minimum Gasteiger partial charge on any atom is -0.463 e. The standard InChI is InChI=1S/C27H45N7O3Si/c1-5-6-15-37-27-31-24-21(11-8-7-9-13-33-14-10-12-23(33)30-19-35)22(18-28)34(25(24)26(29)32-27)20-36-16-17-38(2,3)4/h19,23H,5-17,20H2,1-4H3,(H,30,35)(H2,29,31,32)/t23-/m0/s1. The molecule has 1 aliphatic heterocycles. The van der Waals surface area contributed by atoms with Gasteiger partial charge in [0.25, 0.3) is 0 Å². The van der Waals surface area contributed by atoms with Gasteiger partial charge in [0.05, 0.1) is 12.8 Å². The third-order valence-corrected chi connectivity index (χ3v) is 8.75. The van der Waals surface area contributed by atoms with E-state index < -0.39 is 8.07 Å². The fraction of sp³-hybridized carbons (Fsp3) is 0.704. The van der Waals surface area contributed by atoms with Crippen LogP contribution in [0.4, 0.5) is 5.82 Å². The highest BCUT2D eigenvalue weighted by Gasteiger charge is 2.24. The first-order valence-electron chi connectivity index (χ1n) is 14.0. The van der Waals surface area contributed by atoms with Crippen LogP contribution in [0.5, 0.6) is 6.01 Å². The molecule has 0 bridgehead atoms. The number of aromatic nitrogens is 3. The van der Waals surface area contributed by atoms with Crippen LogP contribution < -0.4 is 15.8 Å². The van der Waals surface area contributed by atoms with Crippen LogP contribution in [0.15, 0.2) is 0 Å². The largest absolute Gasteiger partial charge is 0.463 e. The van der Waals surface area contributed by atoms with Gasteiger partial charge >= 0.3 is 6.01 Å². The van der Waals surface area contributed by atoms with E-state index in [-0.39, 0.29) is 18.9 Å². The third kappa shape index (κ3) is 8.16. The first kappa shape index (κ1) is 29.9. The normalized spacial score (nSPS) is 16.1. The van der Waals surface area contributed by atoms with Gasteiger partial charge in [0.2, 0.25) is 6.41 Å². The van der Waals surface area contributed by atoms with Crippen LogP contribution in [-0.2, 0) is 22.7 Å². The van der Waals surface area contributed by atoms with Gasteiger partial charge in [0, 0.05) is 33.3 Å². The van der Waals surface area contributed by atoms with E-state index in [1.165, 1.54) is 0 Å². The Bertz CT molecular complexity index is 1090. The van der Waals surface area contributed by atoms with E-state index in [0.29, 0.717) is 42.2 Å². The zero-order valence-electron chi connectivity index (χ0n) is 23.6. The summed E-state index contributed by atoms with van der Waals surface area (Å²) in [5.41, 5.74) is 9.16. The molecule has 2 aromatic rings. The molecule has 3 N–H and O–H groups in total. The number of hydrogen-bond donors (Lipinski definition) is 2. The van der Waals surface area contributed by atoms with Gasteiger partial charge in [-0.25, -0.2) is 0 Å². The Labute approximate surface area is 227 Å². The fourth-order valence-corrected chi connectivity index (χ4v) is 5.63. The summed E-state index contributed by atoms with van der Waals surface area (Å²) in [6, 6.07) is 3.70. The Morgan fingerprint density at radius 3 is 2.74 bits per heavy atom. The van der Waals surface area contributed by atoms with Crippen molar-refractivity contribution in [3.8, 4) is 12.1 Å². The van der Waals surface area contributed by atoms with E-state index in [0.717, 1.165) is 76.1 Å². The summed E-state index contributed by atoms with van der Waals surface area (Å²) in [7, 11) is -1.23. The van der Waals surface area contributed by atoms with Gasteiger partial charge < -0.3 is 25.1 Å². The summed E-state index contributed by atoms with van der Waals surface area (Å²) in [5.74, 6) is 0.306. The number of amides is 1. The molecule has 1 saturated heterocycles. The van der Waals surface area contributed by atoms with Crippen LogP contribution in [0.25, 0.3) is 11.0 Å². The molecule has 2 aromatic heterocycles. The maximum Gasteiger partial charge on any atom is 0.319 e. The van der Waals surface area contributed by atoms with Crippen molar-refractivity contribution in [2.45, 2.75) is 96.9 Å². The van der Waals surface area contributed by atoms with Crippen LogP contribution in [-0.4, -0.2) is 66.4 Å². The van der Waals surface area contributed by atoms with Crippen molar-refractivity contribution in [1.82, 2.24) is 24.8 Å². The molecular weight excluding hydrogens is 498 g/mol. The summed E-state index contributed by atoms with van der Waals surface area (Å²) < 4.78 is 13.6. The van der Waals surface area contributed by atoms with E-state index in [9.17, 15) is 10.1 Å². The lowest BCUT2D eigenvalue weighted by molar-refractivity contribution is -0.111. The number of carbonyl (C=O) groups is 1. The average Bonchev–Trinajstić information content (AvgIpc) is 3.43.